The van der Waals surface area contributed by atoms with Gasteiger partial charge in [0.2, 0.25) is 11.7 Å². The molecule has 12 heavy (non-hydrogen) atoms. The first-order valence-corrected chi connectivity index (χ1v) is 3.18. The number of fused-ring (bicyclic) bond motifs is 1. The van der Waals surface area contributed by atoms with Gasteiger partial charge in [-0.05, 0) is 0 Å². The molecule has 0 amide bonds. The topological polar surface area (TPSA) is 115 Å². The summed E-state index contributed by atoms with van der Waals surface area (Å²) in [5.74, 6) is 0.527. The molecule has 0 saturated carbocycles. The molecule has 7 heteroatoms. The Morgan fingerprint density at radius 2 is 2.25 bits per heavy atom. The molecule has 2 aromatic rings. The summed E-state index contributed by atoms with van der Waals surface area (Å²) < 4.78 is 1.26. The van der Waals surface area contributed by atoms with Gasteiger partial charge in [0.25, 0.3) is 5.56 Å². The van der Waals surface area contributed by atoms with E-state index in [2.05, 4.69) is 15.1 Å². The van der Waals surface area contributed by atoms with Crippen LogP contribution in [-0.4, -0.2) is 19.6 Å². The van der Waals surface area contributed by atoms with E-state index in [1.165, 1.54) is 10.6 Å². The second-order valence-electron chi connectivity index (χ2n) is 2.26. The van der Waals surface area contributed by atoms with Crippen LogP contribution in [0.3, 0.4) is 0 Å². The second-order valence-corrected chi connectivity index (χ2v) is 2.26. The van der Waals surface area contributed by atoms with Gasteiger partial charge in [-0.25, -0.2) is 0 Å². The summed E-state index contributed by atoms with van der Waals surface area (Å²) in [7, 11) is 0. The van der Waals surface area contributed by atoms with Crippen LogP contribution in [0.25, 0.3) is 5.78 Å². The minimum atomic E-state index is -0.326. The average Bonchev–Trinajstić information content (AvgIpc) is 2.29. The Balaban J connectivity index is 2.97. The molecular formula is C5H6N6O. The van der Waals surface area contributed by atoms with Crippen LogP contribution >= 0.6 is 0 Å². The molecule has 62 valence electrons. The van der Waals surface area contributed by atoms with Crippen molar-refractivity contribution in [3.8, 4) is 0 Å². The minimum absolute atomic E-state index is 0.0727. The number of hydrogen-bond acceptors (Lipinski definition) is 5. The van der Waals surface area contributed by atoms with Crippen molar-refractivity contribution in [3.05, 3.63) is 16.4 Å². The van der Waals surface area contributed by atoms with E-state index < -0.39 is 0 Å². The molecule has 0 aliphatic carbocycles. The van der Waals surface area contributed by atoms with Crippen molar-refractivity contribution in [2.45, 2.75) is 0 Å². The molecule has 2 rings (SSSR count). The van der Waals surface area contributed by atoms with Gasteiger partial charge in [0.05, 0.1) is 0 Å². The number of aromatic amines is 1. The zero-order chi connectivity index (χ0) is 8.72. The SMILES string of the molecule is Nc1nc2[nH]c(=O)cc(N)n2n1. The molecule has 0 radical (unpaired) electrons. The van der Waals surface area contributed by atoms with E-state index in [0.29, 0.717) is 0 Å². The van der Waals surface area contributed by atoms with Gasteiger partial charge < -0.3 is 11.5 Å². The third-order valence-electron chi connectivity index (χ3n) is 1.38. The van der Waals surface area contributed by atoms with E-state index in [1.807, 2.05) is 0 Å². The third-order valence-corrected chi connectivity index (χ3v) is 1.38. The Labute approximate surface area is 66.0 Å². The molecule has 2 heterocycles. The predicted molar refractivity (Wildman–Crippen MR) is 42.4 cm³/mol. The van der Waals surface area contributed by atoms with Crippen LogP contribution in [0, 0.1) is 0 Å². The highest BCUT2D eigenvalue weighted by Gasteiger charge is 2.03. The molecule has 2 aromatic heterocycles. The van der Waals surface area contributed by atoms with Crippen molar-refractivity contribution in [1.29, 1.82) is 0 Å². The van der Waals surface area contributed by atoms with E-state index in [4.69, 9.17) is 11.5 Å². The van der Waals surface area contributed by atoms with E-state index in [9.17, 15) is 4.79 Å². The summed E-state index contributed by atoms with van der Waals surface area (Å²) >= 11 is 0. The molecule has 0 bridgehead atoms. The highest BCUT2D eigenvalue weighted by atomic mass is 16.1. The van der Waals surface area contributed by atoms with Gasteiger partial charge >= 0.3 is 0 Å². The number of aromatic nitrogens is 4. The van der Waals surface area contributed by atoms with Crippen molar-refractivity contribution in [2.75, 3.05) is 11.5 Å². The number of nitrogens with one attached hydrogen (secondary N) is 1. The first-order valence-electron chi connectivity index (χ1n) is 3.18. The number of rotatable bonds is 0. The van der Waals surface area contributed by atoms with Gasteiger partial charge in [0, 0.05) is 6.07 Å². The lowest BCUT2D eigenvalue weighted by Gasteiger charge is -1.93. The van der Waals surface area contributed by atoms with Crippen LogP contribution in [0.5, 0.6) is 0 Å². The molecule has 0 aromatic carbocycles. The van der Waals surface area contributed by atoms with E-state index in [-0.39, 0.29) is 23.1 Å². The third kappa shape index (κ3) is 0.797. The molecule has 0 atom stereocenters. The Hall–Kier alpha value is -2.05. The van der Waals surface area contributed by atoms with Gasteiger partial charge in [0.15, 0.2) is 0 Å². The van der Waals surface area contributed by atoms with E-state index in [0.717, 1.165) is 0 Å². The lowest BCUT2D eigenvalue weighted by Crippen LogP contribution is -2.11. The average molecular weight is 166 g/mol. The zero-order valence-corrected chi connectivity index (χ0v) is 5.98. The summed E-state index contributed by atoms with van der Waals surface area (Å²) in [6, 6.07) is 1.21. The smallest absolute Gasteiger partial charge is 0.254 e. The van der Waals surface area contributed by atoms with Gasteiger partial charge in [-0.3, -0.25) is 9.78 Å². The van der Waals surface area contributed by atoms with Crippen molar-refractivity contribution in [3.63, 3.8) is 0 Å². The van der Waals surface area contributed by atoms with Crippen LogP contribution < -0.4 is 17.0 Å². The molecule has 0 aliphatic heterocycles. The van der Waals surface area contributed by atoms with Crippen LogP contribution in [0.2, 0.25) is 0 Å². The van der Waals surface area contributed by atoms with Gasteiger partial charge in [-0.2, -0.15) is 9.50 Å². The fourth-order valence-corrected chi connectivity index (χ4v) is 0.931. The highest BCUT2D eigenvalue weighted by molar-refractivity contribution is 5.41. The largest absolute Gasteiger partial charge is 0.383 e. The van der Waals surface area contributed by atoms with Crippen molar-refractivity contribution >= 4 is 17.5 Å². The first kappa shape index (κ1) is 6.65. The number of anilines is 2. The first-order chi connectivity index (χ1) is 5.66. The maximum atomic E-state index is 10.9. The summed E-state index contributed by atoms with van der Waals surface area (Å²) in [5.41, 5.74) is 10.4. The molecule has 0 unspecified atom stereocenters. The molecule has 0 fully saturated rings. The number of nitrogen functional groups attached to an aromatic ring is 2. The molecule has 0 spiro atoms. The van der Waals surface area contributed by atoms with Crippen LogP contribution in [0.4, 0.5) is 11.8 Å². The summed E-state index contributed by atoms with van der Waals surface area (Å²) in [5, 5.41) is 3.74. The minimum Gasteiger partial charge on any atom is -0.383 e. The predicted octanol–water partition coefficient (Wildman–Crippen LogP) is -1.42. The highest BCUT2D eigenvalue weighted by Crippen LogP contribution is 2.01. The molecule has 7 nitrogen and oxygen atoms in total. The molecular weight excluding hydrogens is 160 g/mol. The number of H-pyrrole nitrogens is 1. The van der Waals surface area contributed by atoms with Crippen LogP contribution in [0.15, 0.2) is 10.9 Å². The lowest BCUT2D eigenvalue weighted by molar-refractivity contribution is 0.948. The molecule has 0 aliphatic rings. The Morgan fingerprint density at radius 1 is 1.50 bits per heavy atom. The van der Waals surface area contributed by atoms with Gasteiger partial charge in [-0.1, -0.05) is 0 Å². The van der Waals surface area contributed by atoms with Gasteiger partial charge in [0.1, 0.15) is 5.82 Å². The lowest BCUT2D eigenvalue weighted by atomic mass is 10.6. The maximum Gasteiger partial charge on any atom is 0.254 e. The summed E-state index contributed by atoms with van der Waals surface area (Å²) in [6.07, 6.45) is 0. The number of nitrogens with zero attached hydrogens (tertiary/aromatic N) is 3. The Bertz CT molecular complexity index is 482. The van der Waals surface area contributed by atoms with Crippen LogP contribution in [0.1, 0.15) is 0 Å². The zero-order valence-electron chi connectivity index (χ0n) is 5.98. The summed E-state index contributed by atoms with van der Waals surface area (Å²) in [6.45, 7) is 0. The van der Waals surface area contributed by atoms with Crippen molar-refractivity contribution in [1.82, 2.24) is 19.6 Å². The monoisotopic (exact) mass is 166 g/mol. The van der Waals surface area contributed by atoms with E-state index in [1.54, 1.807) is 0 Å². The number of nitrogens with two attached hydrogens (primary N) is 2. The van der Waals surface area contributed by atoms with Crippen molar-refractivity contribution in [2.24, 2.45) is 0 Å². The molecule has 0 saturated heterocycles. The van der Waals surface area contributed by atoms with E-state index >= 15 is 0 Å². The standard InChI is InChI=1S/C5H6N6O/c6-2-1-3(12)8-5-9-4(7)10-11(2)5/h1H,6H2,(H3,7,8,9,10,12). The maximum absolute atomic E-state index is 10.9. The summed E-state index contributed by atoms with van der Waals surface area (Å²) in [4.78, 5) is 17.0. The fraction of sp³-hybridized carbons (Fsp3) is 0. The Morgan fingerprint density at radius 3 is 3.00 bits per heavy atom. The van der Waals surface area contributed by atoms with Crippen LogP contribution in [-0.2, 0) is 0 Å². The second kappa shape index (κ2) is 1.97. The number of hydrogen-bond donors (Lipinski definition) is 3. The fourth-order valence-electron chi connectivity index (χ4n) is 0.931. The molecule has 5 N–H and O–H groups in total. The normalized spacial score (nSPS) is 10.7. The van der Waals surface area contributed by atoms with Gasteiger partial charge in [-0.15, -0.1) is 5.10 Å². The quantitative estimate of drug-likeness (QED) is 0.444. The van der Waals surface area contributed by atoms with Crippen molar-refractivity contribution < 1.29 is 0 Å². The Kier molecular flexibility index (Phi) is 1.09.